The Hall–Kier alpha value is -0.930. The number of ether oxygens (including phenoxy) is 2. The second kappa shape index (κ2) is 6.90. The lowest BCUT2D eigenvalue weighted by Crippen LogP contribution is -2.31. The van der Waals surface area contributed by atoms with Crippen molar-refractivity contribution >= 4 is 6.29 Å². The number of rotatable bonds is 6. The van der Waals surface area contributed by atoms with Crippen molar-refractivity contribution in [2.75, 3.05) is 14.2 Å². The first-order valence-corrected chi connectivity index (χ1v) is 9.05. The van der Waals surface area contributed by atoms with Gasteiger partial charge in [-0.2, -0.15) is 0 Å². The molecule has 3 rings (SSSR count). The standard InChI is InChI=1S/C20H30O3/c1-5-14-12(2)8-18-15(14)6-7-16-17(10-20(22-3)23-4)13(11-21)9-19(16)18/h6-7,9,11-12,14-20H,5,8,10H2,1-4H3/t12-,14-,15+,16-,17+,18+,19+/m1/s1. The summed E-state index contributed by atoms with van der Waals surface area (Å²) in [5.41, 5.74) is 0.956. The van der Waals surface area contributed by atoms with Gasteiger partial charge in [-0.15, -0.1) is 0 Å². The van der Waals surface area contributed by atoms with E-state index in [1.54, 1.807) is 14.2 Å². The molecule has 0 aromatic heterocycles. The maximum Gasteiger partial charge on any atom is 0.157 e. The Morgan fingerprint density at radius 2 is 1.91 bits per heavy atom. The van der Waals surface area contributed by atoms with Gasteiger partial charge >= 0.3 is 0 Å². The lowest BCUT2D eigenvalue weighted by atomic mass is 9.69. The Labute approximate surface area is 140 Å². The zero-order valence-corrected chi connectivity index (χ0v) is 14.8. The van der Waals surface area contributed by atoms with E-state index in [2.05, 4.69) is 32.1 Å². The molecule has 0 aromatic carbocycles. The summed E-state index contributed by atoms with van der Waals surface area (Å²) in [6.45, 7) is 4.72. The fraction of sp³-hybridized carbons (Fsp3) is 0.750. The summed E-state index contributed by atoms with van der Waals surface area (Å²) in [5, 5.41) is 0. The van der Waals surface area contributed by atoms with E-state index in [4.69, 9.17) is 9.47 Å². The van der Waals surface area contributed by atoms with E-state index in [9.17, 15) is 4.79 Å². The van der Waals surface area contributed by atoms with E-state index >= 15 is 0 Å². The van der Waals surface area contributed by atoms with E-state index < -0.39 is 0 Å². The van der Waals surface area contributed by atoms with Gasteiger partial charge in [0.2, 0.25) is 0 Å². The van der Waals surface area contributed by atoms with Gasteiger partial charge in [-0.05, 0) is 53.4 Å². The summed E-state index contributed by atoms with van der Waals surface area (Å²) in [6.07, 6.45) is 11.3. The molecule has 0 unspecified atom stereocenters. The number of aldehydes is 1. The number of carbonyl (C=O) groups excluding carboxylic acids is 1. The third-order valence-electron chi connectivity index (χ3n) is 6.72. The molecule has 128 valence electrons. The predicted octanol–water partition coefficient (Wildman–Crippen LogP) is 3.85. The molecule has 0 bridgehead atoms. The van der Waals surface area contributed by atoms with Crippen molar-refractivity contribution < 1.29 is 14.3 Å². The van der Waals surface area contributed by atoms with Crippen molar-refractivity contribution in [2.24, 2.45) is 41.4 Å². The first-order chi connectivity index (χ1) is 11.1. The molecule has 0 spiro atoms. The second-order valence-corrected chi connectivity index (χ2v) is 7.59. The zero-order valence-electron chi connectivity index (χ0n) is 14.8. The molecule has 0 radical (unpaired) electrons. The van der Waals surface area contributed by atoms with Crippen LogP contribution in [0.4, 0.5) is 0 Å². The molecule has 3 nitrogen and oxygen atoms in total. The molecule has 3 heteroatoms. The summed E-state index contributed by atoms with van der Waals surface area (Å²) < 4.78 is 10.8. The van der Waals surface area contributed by atoms with Crippen molar-refractivity contribution in [3.05, 3.63) is 23.8 Å². The molecule has 23 heavy (non-hydrogen) atoms. The van der Waals surface area contributed by atoms with Crippen LogP contribution in [0, 0.1) is 41.4 Å². The number of allylic oxidation sites excluding steroid dienone is 4. The van der Waals surface area contributed by atoms with E-state index in [-0.39, 0.29) is 12.2 Å². The molecule has 0 aromatic rings. The van der Waals surface area contributed by atoms with Crippen LogP contribution in [0.15, 0.2) is 23.8 Å². The van der Waals surface area contributed by atoms with Crippen LogP contribution in [0.5, 0.6) is 0 Å². The number of carbonyl (C=O) groups is 1. The quantitative estimate of drug-likeness (QED) is 0.424. The highest BCUT2D eigenvalue weighted by Gasteiger charge is 2.50. The molecule has 0 heterocycles. The summed E-state index contributed by atoms with van der Waals surface area (Å²) in [7, 11) is 3.34. The minimum absolute atomic E-state index is 0.232. The molecule has 3 aliphatic rings. The van der Waals surface area contributed by atoms with Gasteiger partial charge in [0.05, 0.1) is 0 Å². The van der Waals surface area contributed by atoms with Gasteiger partial charge in [0.15, 0.2) is 6.29 Å². The van der Waals surface area contributed by atoms with Crippen molar-refractivity contribution in [1.29, 1.82) is 0 Å². The smallest absolute Gasteiger partial charge is 0.157 e. The largest absolute Gasteiger partial charge is 0.356 e. The van der Waals surface area contributed by atoms with Gasteiger partial charge in [0, 0.05) is 20.6 Å². The predicted molar refractivity (Wildman–Crippen MR) is 90.7 cm³/mol. The molecule has 0 N–H and O–H groups in total. The van der Waals surface area contributed by atoms with Crippen LogP contribution in [-0.2, 0) is 14.3 Å². The fourth-order valence-corrected chi connectivity index (χ4v) is 5.62. The first-order valence-electron chi connectivity index (χ1n) is 9.05. The second-order valence-electron chi connectivity index (χ2n) is 7.59. The maximum atomic E-state index is 11.6. The van der Waals surface area contributed by atoms with Crippen molar-refractivity contribution in [3.63, 3.8) is 0 Å². The minimum atomic E-state index is -0.237. The summed E-state index contributed by atoms with van der Waals surface area (Å²) >= 11 is 0. The lowest BCUT2D eigenvalue weighted by Gasteiger charge is -2.36. The van der Waals surface area contributed by atoms with E-state index in [0.717, 1.165) is 30.1 Å². The maximum absolute atomic E-state index is 11.6. The third-order valence-corrected chi connectivity index (χ3v) is 6.72. The molecule has 0 amide bonds. The Kier molecular flexibility index (Phi) is 5.07. The van der Waals surface area contributed by atoms with Crippen LogP contribution in [0.2, 0.25) is 0 Å². The van der Waals surface area contributed by atoms with Crippen LogP contribution in [0.25, 0.3) is 0 Å². The van der Waals surface area contributed by atoms with E-state index in [1.165, 1.54) is 12.8 Å². The average Bonchev–Trinajstić information content (AvgIpc) is 3.08. The third kappa shape index (κ3) is 2.83. The monoisotopic (exact) mass is 318 g/mol. The summed E-state index contributed by atoms with van der Waals surface area (Å²) in [4.78, 5) is 11.6. The zero-order chi connectivity index (χ0) is 16.6. The Bertz CT molecular complexity index is 491. The minimum Gasteiger partial charge on any atom is -0.356 e. The first kappa shape index (κ1) is 16.9. The van der Waals surface area contributed by atoms with Gasteiger partial charge in [0.1, 0.15) is 6.29 Å². The van der Waals surface area contributed by atoms with Crippen molar-refractivity contribution in [1.82, 2.24) is 0 Å². The van der Waals surface area contributed by atoms with Crippen LogP contribution in [0.1, 0.15) is 33.1 Å². The molecule has 3 aliphatic carbocycles. The van der Waals surface area contributed by atoms with Gasteiger partial charge in [-0.3, -0.25) is 4.79 Å². The molecular formula is C20H30O3. The van der Waals surface area contributed by atoms with Gasteiger partial charge in [0.25, 0.3) is 0 Å². The molecule has 1 saturated carbocycles. The highest BCUT2D eigenvalue weighted by molar-refractivity contribution is 5.75. The Morgan fingerprint density at radius 1 is 1.22 bits per heavy atom. The normalized spacial score (nSPS) is 41.8. The Morgan fingerprint density at radius 3 is 2.52 bits per heavy atom. The molecular weight excluding hydrogens is 288 g/mol. The Balaban J connectivity index is 1.84. The highest BCUT2D eigenvalue weighted by atomic mass is 16.7. The molecule has 7 atom stereocenters. The average molecular weight is 318 g/mol. The van der Waals surface area contributed by atoms with Gasteiger partial charge in [-0.1, -0.05) is 38.5 Å². The molecule has 0 saturated heterocycles. The molecule has 0 aliphatic heterocycles. The van der Waals surface area contributed by atoms with Crippen LogP contribution < -0.4 is 0 Å². The van der Waals surface area contributed by atoms with E-state index in [0.29, 0.717) is 23.7 Å². The summed E-state index contributed by atoms with van der Waals surface area (Å²) in [5.74, 6) is 4.17. The number of fused-ring (bicyclic) bond motifs is 3. The topological polar surface area (TPSA) is 35.5 Å². The fourth-order valence-electron chi connectivity index (χ4n) is 5.62. The van der Waals surface area contributed by atoms with Crippen LogP contribution in [0.3, 0.4) is 0 Å². The number of hydrogen-bond acceptors (Lipinski definition) is 3. The van der Waals surface area contributed by atoms with Gasteiger partial charge < -0.3 is 9.47 Å². The number of hydrogen-bond donors (Lipinski definition) is 0. The van der Waals surface area contributed by atoms with Gasteiger partial charge in [-0.25, -0.2) is 0 Å². The highest BCUT2D eigenvalue weighted by Crippen LogP contribution is 2.56. The summed E-state index contributed by atoms with van der Waals surface area (Å²) in [6, 6.07) is 0. The van der Waals surface area contributed by atoms with E-state index in [1.807, 2.05) is 0 Å². The SMILES string of the molecule is CC[C@H]1[C@@H]2C=C[C@H]3[C@H](C=C(C=O)[C@@H]3CC(OC)OC)[C@H]2C[C@H]1C. The number of methoxy groups -OCH3 is 2. The van der Waals surface area contributed by atoms with Crippen molar-refractivity contribution in [2.45, 2.75) is 39.4 Å². The lowest BCUT2D eigenvalue weighted by molar-refractivity contribution is -0.116. The van der Waals surface area contributed by atoms with Crippen LogP contribution >= 0.6 is 0 Å². The molecule has 1 fully saturated rings. The van der Waals surface area contributed by atoms with Crippen LogP contribution in [-0.4, -0.2) is 26.8 Å². The van der Waals surface area contributed by atoms with Crippen molar-refractivity contribution in [3.8, 4) is 0 Å².